The molecule has 6 heteroatoms. The van der Waals surface area contributed by atoms with E-state index in [2.05, 4.69) is 10.3 Å². The summed E-state index contributed by atoms with van der Waals surface area (Å²) < 4.78 is 16.6. The van der Waals surface area contributed by atoms with E-state index in [0.29, 0.717) is 18.2 Å². The first kappa shape index (κ1) is 18.5. The maximum Gasteiger partial charge on any atom is 0.236 e. The summed E-state index contributed by atoms with van der Waals surface area (Å²) in [6.45, 7) is 2.75. The van der Waals surface area contributed by atoms with Crippen molar-refractivity contribution in [3.63, 3.8) is 0 Å². The second kappa shape index (κ2) is 7.37. The molecule has 1 fully saturated rings. The Bertz CT molecular complexity index is 1110. The number of ether oxygens (including phenoxy) is 3. The predicted octanol–water partition coefficient (Wildman–Crippen LogP) is 4.79. The van der Waals surface area contributed by atoms with Gasteiger partial charge in [0.15, 0.2) is 11.5 Å². The molecule has 154 valence electrons. The van der Waals surface area contributed by atoms with Crippen molar-refractivity contribution in [3.8, 4) is 28.5 Å². The zero-order chi connectivity index (χ0) is 20.6. The third kappa shape index (κ3) is 3.24. The fraction of sp³-hybridized carbons (Fsp3) is 0.250. The molecule has 0 unspecified atom stereocenters. The Labute approximate surface area is 176 Å². The first-order chi connectivity index (χ1) is 14.7. The summed E-state index contributed by atoms with van der Waals surface area (Å²) in [6, 6.07) is 19.1. The zero-order valence-corrected chi connectivity index (χ0v) is 16.7. The quantitative estimate of drug-likeness (QED) is 0.640. The van der Waals surface area contributed by atoms with Gasteiger partial charge in [-0.2, -0.15) is 0 Å². The number of aromatic nitrogens is 1. The average molecular weight is 404 g/mol. The number of hydrogen-bond acceptors (Lipinski definition) is 5. The molecule has 0 radical (unpaired) electrons. The molecule has 2 aliphatic rings. The van der Waals surface area contributed by atoms with Gasteiger partial charge in [-0.25, -0.2) is 4.98 Å². The average Bonchev–Trinajstić information content (AvgIpc) is 3.45. The molecule has 1 N–H and O–H groups in total. The number of benzene rings is 2. The molecule has 3 aromatic rings. The Hall–Kier alpha value is -3.54. The lowest BCUT2D eigenvalue weighted by Gasteiger charge is -2.16. The lowest BCUT2D eigenvalue weighted by Crippen LogP contribution is -2.28. The van der Waals surface area contributed by atoms with E-state index in [1.807, 2.05) is 61.5 Å². The molecule has 30 heavy (non-hydrogen) atoms. The zero-order valence-electron chi connectivity index (χ0n) is 16.7. The van der Waals surface area contributed by atoms with Crippen molar-refractivity contribution in [1.29, 1.82) is 0 Å². The van der Waals surface area contributed by atoms with Crippen molar-refractivity contribution < 1.29 is 20.4 Å². The molecule has 1 amide bonds. The normalized spacial score (nSPS) is 15.5. The third-order valence-electron chi connectivity index (χ3n) is 5.56. The molecule has 6 nitrogen and oxygen atoms in total. The molecular formula is C24H24N2O4. The van der Waals surface area contributed by atoms with Crippen LogP contribution in [0.4, 0.5) is 5.82 Å². The maximum atomic E-state index is 13.2. The van der Waals surface area contributed by atoms with Gasteiger partial charge in [0.05, 0.1) is 17.7 Å². The molecule has 1 aromatic heterocycles. The highest BCUT2D eigenvalue weighted by molar-refractivity contribution is 6.01. The largest absolute Gasteiger partial charge is 0.493 e. The third-order valence-corrected chi connectivity index (χ3v) is 5.56. The molecule has 1 aliphatic carbocycles. The highest BCUT2D eigenvalue weighted by atomic mass is 16.7. The van der Waals surface area contributed by atoms with Crippen molar-refractivity contribution in [3.05, 3.63) is 66.2 Å². The number of nitrogens with one attached hydrogen (secondary N) is 1. The number of carbonyl (C=O) groups excluding carboxylic acids is 1. The van der Waals surface area contributed by atoms with Crippen LogP contribution in [0.15, 0.2) is 60.7 Å². The van der Waals surface area contributed by atoms with E-state index in [4.69, 9.17) is 14.2 Å². The van der Waals surface area contributed by atoms with Crippen LogP contribution in [0, 0.1) is 0 Å². The number of anilines is 1. The van der Waals surface area contributed by atoms with Gasteiger partial charge in [-0.05, 0) is 61.7 Å². The Morgan fingerprint density at radius 2 is 1.93 bits per heavy atom. The van der Waals surface area contributed by atoms with Gasteiger partial charge in [0, 0.05) is 6.99 Å². The van der Waals surface area contributed by atoms with Gasteiger partial charge in [-0.3, -0.25) is 4.79 Å². The molecule has 0 saturated heterocycles. The standard InChI is InChI=1S/C24H22N2O4.H2/c1-2-28-19-8-4-3-6-17(19)18-7-5-9-22(25-18)26-23(27)24(12-13-24)16-10-11-20-21(14-16)30-15-29-20;/h3-11,14H,2,12-13,15H2,1H3,(H,25,26,27);1H. The van der Waals surface area contributed by atoms with Crippen LogP contribution in [-0.2, 0) is 10.2 Å². The molecule has 0 bridgehead atoms. The Kier molecular flexibility index (Phi) is 4.54. The fourth-order valence-electron chi connectivity index (χ4n) is 3.82. The highest BCUT2D eigenvalue weighted by Crippen LogP contribution is 2.51. The lowest BCUT2D eigenvalue weighted by atomic mass is 9.94. The minimum absolute atomic E-state index is 0. The van der Waals surface area contributed by atoms with E-state index in [1.54, 1.807) is 6.07 Å². The van der Waals surface area contributed by atoms with E-state index in [1.165, 1.54) is 0 Å². The van der Waals surface area contributed by atoms with Crippen molar-refractivity contribution in [2.24, 2.45) is 0 Å². The van der Waals surface area contributed by atoms with Crippen LogP contribution in [0.1, 0.15) is 26.8 Å². The number of amides is 1. The predicted molar refractivity (Wildman–Crippen MR) is 115 cm³/mol. The fourth-order valence-corrected chi connectivity index (χ4v) is 3.82. The van der Waals surface area contributed by atoms with Crippen LogP contribution in [0.3, 0.4) is 0 Å². The first-order valence-corrected chi connectivity index (χ1v) is 10.1. The molecule has 2 heterocycles. The van der Waals surface area contributed by atoms with E-state index >= 15 is 0 Å². The second-order valence-electron chi connectivity index (χ2n) is 7.44. The van der Waals surface area contributed by atoms with Crippen LogP contribution in [0.2, 0.25) is 0 Å². The first-order valence-electron chi connectivity index (χ1n) is 10.1. The topological polar surface area (TPSA) is 69.7 Å². The highest BCUT2D eigenvalue weighted by Gasteiger charge is 2.51. The molecule has 5 rings (SSSR count). The minimum Gasteiger partial charge on any atom is -0.493 e. The monoisotopic (exact) mass is 404 g/mol. The lowest BCUT2D eigenvalue weighted by molar-refractivity contribution is -0.118. The number of fused-ring (bicyclic) bond motifs is 1. The van der Waals surface area contributed by atoms with Gasteiger partial charge in [0.2, 0.25) is 12.7 Å². The van der Waals surface area contributed by atoms with Crippen LogP contribution in [0.25, 0.3) is 11.3 Å². The van der Waals surface area contributed by atoms with E-state index < -0.39 is 5.41 Å². The van der Waals surface area contributed by atoms with E-state index in [0.717, 1.165) is 41.2 Å². The maximum absolute atomic E-state index is 13.2. The Balaban J connectivity index is 0.00000231. The van der Waals surface area contributed by atoms with Gasteiger partial charge in [0.1, 0.15) is 11.6 Å². The van der Waals surface area contributed by atoms with E-state index in [9.17, 15) is 4.79 Å². The van der Waals surface area contributed by atoms with Crippen LogP contribution < -0.4 is 19.5 Å². The summed E-state index contributed by atoms with van der Waals surface area (Å²) in [4.78, 5) is 17.8. The van der Waals surface area contributed by atoms with Crippen molar-refractivity contribution in [2.75, 3.05) is 18.7 Å². The van der Waals surface area contributed by atoms with Gasteiger partial charge >= 0.3 is 0 Å². The molecule has 1 aliphatic heterocycles. The molecule has 2 aromatic carbocycles. The van der Waals surface area contributed by atoms with E-state index in [-0.39, 0.29) is 14.1 Å². The molecular weight excluding hydrogens is 380 g/mol. The van der Waals surface area contributed by atoms with Crippen LogP contribution >= 0.6 is 0 Å². The molecule has 1 saturated carbocycles. The summed E-state index contributed by atoms with van der Waals surface area (Å²) in [5, 5.41) is 3.01. The van der Waals surface area contributed by atoms with Crippen LogP contribution in [0.5, 0.6) is 17.2 Å². The summed E-state index contributed by atoms with van der Waals surface area (Å²) in [6.07, 6.45) is 1.59. The number of pyridine rings is 1. The SMILES string of the molecule is CCOc1ccccc1-c1cccc(NC(=O)C2(c3ccc4c(c3)OCO4)CC2)n1.[HH]. The molecule has 0 atom stereocenters. The van der Waals surface area contributed by atoms with Gasteiger partial charge < -0.3 is 19.5 Å². The molecule has 0 spiro atoms. The van der Waals surface area contributed by atoms with Gasteiger partial charge in [-0.1, -0.05) is 24.3 Å². The van der Waals surface area contributed by atoms with Crippen LogP contribution in [-0.4, -0.2) is 24.3 Å². The van der Waals surface area contributed by atoms with Crippen molar-refractivity contribution in [1.82, 2.24) is 4.98 Å². The number of carbonyl (C=O) groups is 1. The smallest absolute Gasteiger partial charge is 0.236 e. The summed E-state index contributed by atoms with van der Waals surface area (Å²) >= 11 is 0. The summed E-state index contributed by atoms with van der Waals surface area (Å²) in [5.41, 5.74) is 2.06. The van der Waals surface area contributed by atoms with Gasteiger partial charge in [-0.15, -0.1) is 0 Å². The number of hydrogen-bond donors (Lipinski definition) is 1. The number of nitrogens with zero attached hydrogens (tertiary/aromatic N) is 1. The number of rotatable bonds is 6. The Morgan fingerprint density at radius 1 is 1.10 bits per heavy atom. The van der Waals surface area contributed by atoms with Crippen molar-refractivity contribution in [2.45, 2.75) is 25.2 Å². The second-order valence-corrected chi connectivity index (χ2v) is 7.44. The van der Waals surface area contributed by atoms with Crippen molar-refractivity contribution >= 4 is 11.7 Å². The minimum atomic E-state index is -0.540. The summed E-state index contributed by atoms with van der Waals surface area (Å²) in [5.74, 6) is 2.66. The summed E-state index contributed by atoms with van der Waals surface area (Å²) in [7, 11) is 0. The Morgan fingerprint density at radius 3 is 2.77 bits per heavy atom. The van der Waals surface area contributed by atoms with Gasteiger partial charge in [0.25, 0.3) is 0 Å². The number of para-hydroxylation sites is 1.